The van der Waals surface area contributed by atoms with Crippen molar-refractivity contribution in [1.29, 1.82) is 0 Å². The number of ether oxygens (including phenoxy) is 1. The standard InChI is InChI=1S/C11H15BO3/c13-12(14)10-3-1-2-4-11(10)15-8-7-9-5-6-9/h1-4,9,13-14H,5-8H2. The van der Waals surface area contributed by atoms with Crippen LogP contribution in [-0.4, -0.2) is 23.8 Å². The van der Waals surface area contributed by atoms with Gasteiger partial charge in [0.25, 0.3) is 0 Å². The molecule has 2 rings (SSSR count). The fraction of sp³-hybridized carbons (Fsp3) is 0.455. The Balaban J connectivity index is 1.92. The van der Waals surface area contributed by atoms with E-state index in [1.165, 1.54) is 12.8 Å². The zero-order valence-corrected chi connectivity index (χ0v) is 8.60. The summed E-state index contributed by atoms with van der Waals surface area (Å²) in [7, 11) is -1.46. The van der Waals surface area contributed by atoms with Crippen molar-refractivity contribution >= 4 is 12.6 Å². The Labute approximate surface area is 89.8 Å². The smallest absolute Gasteiger partial charge is 0.492 e. The first kappa shape index (κ1) is 10.5. The van der Waals surface area contributed by atoms with Crippen molar-refractivity contribution in [2.75, 3.05) is 6.61 Å². The van der Waals surface area contributed by atoms with Crippen LogP contribution in [0.25, 0.3) is 0 Å². The first-order valence-corrected chi connectivity index (χ1v) is 5.35. The first-order valence-electron chi connectivity index (χ1n) is 5.35. The summed E-state index contributed by atoms with van der Waals surface area (Å²) in [6.45, 7) is 0.661. The molecule has 0 radical (unpaired) electrons. The quantitative estimate of drug-likeness (QED) is 0.691. The molecule has 1 aromatic rings. The zero-order valence-electron chi connectivity index (χ0n) is 8.60. The third-order valence-electron chi connectivity index (χ3n) is 2.68. The molecule has 1 aromatic carbocycles. The molecule has 80 valence electrons. The van der Waals surface area contributed by atoms with Crippen molar-refractivity contribution < 1.29 is 14.8 Å². The highest BCUT2D eigenvalue weighted by Gasteiger charge is 2.21. The van der Waals surface area contributed by atoms with Crippen molar-refractivity contribution in [2.24, 2.45) is 5.92 Å². The van der Waals surface area contributed by atoms with Crippen LogP contribution in [0.1, 0.15) is 19.3 Å². The maximum absolute atomic E-state index is 9.10. The monoisotopic (exact) mass is 206 g/mol. The Kier molecular flexibility index (Phi) is 3.28. The van der Waals surface area contributed by atoms with E-state index in [0.717, 1.165) is 12.3 Å². The van der Waals surface area contributed by atoms with Crippen LogP contribution in [-0.2, 0) is 0 Å². The Morgan fingerprint density at radius 3 is 2.67 bits per heavy atom. The lowest BCUT2D eigenvalue weighted by Crippen LogP contribution is -2.31. The predicted octanol–water partition coefficient (Wildman–Crippen LogP) is 0.545. The van der Waals surface area contributed by atoms with Gasteiger partial charge >= 0.3 is 7.12 Å². The average Bonchev–Trinajstić information content (AvgIpc) is 3.02. The van der Waals surface area contributed by atoms with Gasteiger partial charge in [0, 0.05) is 5.46 Å². The molecule has 0 amide bonds. The van der Waals surface area contributed by atoms with Gasteiger partial charge in [-0.25, -0.2) is 0 Å². The van der Waals surface area contributed by atoms with Gasteiger partial charge in [-0.15, -0.1) is 0 Å². The highest BCUT2D eigenvalue weighted by molar-refractivity contribution is 6.59. The molecule has 1 saturated carbocycles. The zero-order chi connectivity index (χ0) is 10.7. The lowest BCUT2D eigenvalue weighted by atomic mass is 9.79. The van der Waals surface area contributed by atoms with Gasteiger partial charge in [-0.2, -0.15) is 0 Å². The van der Waals surface area contributed by atoms with Gasteiger partial charge in [0.2, 0.25) is 0 Å². The largest absolute Gasteiger partial charge is 0.494 e. The molecule has 15 heavy (non-hydrogen) atoms. The summed E-state index contributed by atoms with van der Waals surface area (Å²) in [6, 6.07) is 7.03. The molecular formula is C11H15BO3. The van der Waals surface area contributed by atoms with E-state index in [1.807, 2.05) is 6.07 Å². The molecule has 0 aromatic heterocycles. The average molecular weight is 206 g/mol. The lowest BCUT2D eigenvalue weighted by molar-refractivity contribution is 0.303. The highest BCUT2D eigenvalue weighted by atomic mass is 16.5. The maximum Gasteiger partial charge on any atom is 0.492 e. The number of rotatable bonds is 5. The summed E-state index contributed by atoms with van der Waals surface area (Å²) in [5, 5.41) is 18.2. The normalized spacial score (nSPS) is 15.1. The van der Waals surface area contributed by atoms with Gasteiger partial charge in [-0.05, 0) is 18.4 Å². The second-order valence-corrected chi connectivity index (χ2v) is 3.99. The fourth-order valence-electron chi connectivity index (χ4n) is 1.57. The molecule has 1 aliphatic carbocycles. The summed E-state index contributed by atoms with van der Waals surface area (Å²) in [5.41, 5.74) is 0.438. The number of benzene rings is 1. The van der Waals surface area contributed by atoms with E-state index >= 15 is 0 Å². The molecule has 4 heteroatoms. The minimum Gasteiger partial charge on any atom is -0.494 e. The molecule has 0 bridgehead atoms. The minimum absolute atomic E-state index is 0.438. The van der Waals surface area contributed by atoms with Crippen molar-refractivity contribution in [3.05, 3.63) is 24.3 Å². The van der Waals surface area contributed by atoms with Crippen LogP contribution in [0.4, 0.5) is 0 Å². The number of hydrogen-bond donors (Lipinski definition) is 2. The van der Waals surface area contributed by atoms with Crippen LogP contribution in [0.3, 0.4) is 0 Å². The van der Waals surface area contributed by atoms with Crippen LogP contribution in [0.5, 0.6) is 5.75 Å². The van der Waals surface area contributed by atoms with E-state index in [1.54, 1.807) is 18.2 Å². The molecular weight excluding hydrogens is 191 g/mol. The third kappa shape index (κ3) is 2.98. The van der Waals surface area contributed by atoms with Crippen LogP contribution < -0.4 is 10.2 Å². The van der Waals surface area contributed by atoms with Crippen molar-refractivity contribution in [3.63, 3.8) is 0 Å². The molecule has 0 unspecified atom stereocenters. The first-order chi connectivity index (χ1) is 7.27. The van der Waals surface area contributed by atoms with Gasteiger partial charge < -0.3 is 14.8 Å². The second-order valence-electron chi connectivity index (χ2n) is 3.99. The summed E-state index contributed by atoms with van der Waals surface area (Å²) in [5.74, 6) is 1.41. The van der Waals surface area contributed by atoms with E-state index in [-0.39, 0.29) is 0 Å². The molecule has 0 heterocycles. The SMILES string of the molecule is OB(O)c1ccccc1OCCC1CC1. The number of para-hydroxylation sites is 1. The molecule has 2 N–H and O–H groups in total. The number of hydrogen-bond acceptors (Lipinski definition) is 3. The van der Waals surface area contributed by atoms with Crippen molar-refractivity contribution in [1.82, 2.24) is 0 Å². The lowest BCUT2D eigenvalue weighted by Gasteiger charge is -2.10. The summed E-state index contributed by atoms with van der Waals surface area (Å²) in [6.07, 6.45) is 3.69. The van der Waals surface area contributed by atoms with Crippen molar-refractivity contribution in [3.8, 4) is 5.75 Å². The third-order valence-corrected chi connectivity index (χ3v) is 2.68. The van der Waals surface area contributed by atoms with Gasteiger partial charge in [-0.3, -0.25) is 0 Å². The van der Waals surface area contributed by atoms with E-state index in [2.05, 4.69) is 0 Å². The Bertz CT molecular complexity index is 323. The van der Waals surface area contributed by atoms with E-state index in [0.29, 0.717) is 17.8 Å². The Hall–Kier alpha value is -0.995. The van der Waals surface area contributed by atoms with E-state index < -0.39 is 7.12 Å². The summed E-state index contributed by atoms with van der Waals surface area (Å²) < 4.78 is 5.53. The van der Waals surface area contributed by atoms with Gasteiger partial charge in [0.05, 0.1) is 6.61 Å². The molecule has 0 atom stereocenters. The van der Waals surface area contributed by atoms with Gasteiger partial charge in [0.1, 0.15) is 5.75 Å². The fourth-order valence-corrected chi connectivity index (χ4v) is 1.57. The van der Waals surface area contributed by atoms with Crippen LogP contribution in [0, 0.1) is 5.92 Å². The topological polar surface area (TPSA) is 49.7 Å². The molecule has 0 spiro atoms. The Morgan fingerprint density at radius 1 is 1.27 bits per heavy atom. The van der Waals surface area contributed by atoms with E-state index in [4.69, 9.17) is 14.8 Å². The summed E-state index contributed by atoms with van der Waals surface area (Å²) >= 11 is 0. The van der Waals surface area contributed by atoms with E-state index in [9.17, 15) is 0 Å². The minimum atomic E-state index is -1.46. The highest BCUT2D eigenvalue weighted by Crippen LogP contribution is 2.32. The molecule has 3 nitrogen and oxygen atoms in total. The Morgan fingerprint density at radius 2 is 2.00 bits per heavy atom. The van der Waals surface area contributed by atoms with Crippen molar-refractivity contribution in [2.45, 2.75) is 19.3 Å². The molecule has 1 aliphatic rings. The molecule has 1 fully saturated rings. The predicted molar refractivity (Wildman–Crippen MR) is 59.1 cm³/mol. The van der Waals surface area contributed by atoms with Crippen LogP contribution >= 0.6 is 0 Å². The second kappa shape index (κ2) is 4.68. The van der Waals surface area contributed by atoms with Crippen LogP contribution in [0.2, 0.25) is 0 Å². The van der Waals surface area contributed by atoms with Gasteiger partial charge in [-0.1, -0.05) is 31.0 Å². The van der Waals surface area contributed by atoms with Gasteiger partial charge in [0.15, 0.2) is 0 Å². The molecule has 0 saturated heterocycles. The molecule has 0 aliphatic heterocycles. The maximum atomic E-state index is 9.10. The van der Waals surface area contributed by atoms with Crippen LogP contribution in [0.15, 0.2) is 24.3 Å². The summed E-state index contributed by atoms with van der Waals surface area (Å²) in [4.78, 5) is 0.